The molecular formula is C17H29N5OS. The number of hydrogen-bond acceptors (Lipinski definition) is 6. The number of carbonyl (C=O) groups is 1. The van der Waals surface area contributed by atoms with Crippen molar-refractivity contribution in [3.05, 3.63) is 16.1 Å². The van der Waals surface area contributed by atoms with Gasteiger partial charge in [0.05, 0.1) is 0 Å². The third-order valence-corrected chi connectivity index (χ3v) is 6.29. The van der Waals surface area contributed by atoms with E-state index in [4.69, 9.17) is 5.73 Å². The molecule has 0 radical (unpaired) electrons. The van der Waals surface area contributed by atoms with E-state index in [1.807, 2.05) is 10.3 Å². The van der Waals surface area contributed by atoms with E-state index < -0.39 is 0 Å². The molecule has 7 heteroatoms. The molecule has 0 unspecified atom stereocenters. The zero-order chi connectivity index (χ0) is 17.1. The number of carbonyl (C=O) groups excluding carboxylic acids is 1. The maximum absolute atomic E-state index is 12.5. The van der Waals surface area contributed by atoms with Crippen LogP contribution in [0.2, 0.25) is 0 Å². The first-order valence-corrected chi connectivity index (χ1v) is 9.88. The standard InChI is InChI=1S/C17H29N5OS/c1-13-3-4-14(2)22(13)10-7-20-5-8-21(9-6-20)17(23)15-12-24-16(11-18)19-15/h12-14H,3-11,18H2,1-2H3/t13-,14-/m1/s1. The summed E-state index contributed by atoms with van der Waals surface area (Å²) in [6.45, 7) is 10.8. The lowest BCUT2D eigenvalue weighted by molar-refractivity contribution is 0.0609. The van der Waals surface area contributed by atoms with Gasteiger partial charge in [-0.25, -0.2) is 4.98 Å². The highest BCUT2D eigenvalue weighted by Crippen LogP contribution is 2.23. The summed E-state index contributed by atoms with van der Waals surface area (Å²) < 4.78 is 0. The quantitative estimate of drug-likeness (QED) is 0.864. The Hall–Kier alpha value is -1.02. The van der Waals surface area contributed by atoms with Crippen molar-refractivity contribution in [1.29, 1.82) is 0 Å². The highest BCUT2D eigenvalue weighted by atomic mass is 32.1. The molecule has 2 aliphatic heterocycles. The van der Waals surface area contributed by atoms with Gasteiger partial charge in [-0.3, -0.25) is 14.6 Å². The molecule has 0 aliphatic carbocycles. The summed E-state index contributed by atoms with van der Waals surface area (Å²) >= 11 is 1.47. The first-order valence-electron chi connectivity index (χ1n) is 9.00. The van der Waals surface area contributed by atoms with Crippen molar-refractivity contribution in [3.63, 3.8) is 0 Å². The number of thiazole rings is 1. The summed E-state index contributed by atoms with van der Waals surface area (Å²) in [7, 11) is 0. The maximum atomic E-state index is 12.5. The van der Waals surface area contributed by atoms with Crippen LogP contribution in [0, 0.1) is 0 Å². The lowest BCUT2D eigenvalue weighted by atomic mass is 10.2. The topological polar surface area (TPSA) is 65.7 Å². The lowest BCUT2D eigenvalue weighted by Crippen LogP contribution is -2.51. The van der Waals surface area contributed by atoms with Crippen LogP contribution in [0.1, 0.15) is 42.2 Å². The summed E-state index contributed by atoms with van der Waals surface area (Å²) in [6, 6.07) is 1.42. The Bertz CT molecular complexity index is 545. The largest absolute Gasteiger partial charge is 0.335 e. The molecule has 2 saturated heterocycles. The van der Waals surface area contributed by atoms with Crippen molar-refractivity contribution >= 4 is 17.2 Å². The van der Waals surface area contributed by atoms with Crippen molar-refractivity contribution < 1.29 is 4.79 Å². The van der Waals surface area contributed by atoms with Crippen molar-refractivity contribution in [1.82, 2.24) is 19.7 Å². The second kappa shape index (κ2) is 7.91. The van der Waals surface area contributed by atoms with Crippen molar-refractivity contribution in [3.8, 4) is 0 Å². The van der Waals surface area contributed by atoms with Crippen LogP contribution in [0.4, 0.5) is 0 Å². The fourth-order valence-electron chi connectivity index (χ4n) is 3.79. The molecule has 6 nitrogen and oxygen atoms in total. The Morgan fingerprint density at radius 2 is 1.88 bits per heavy atom. The molecule has 3 heterocycles. The molecule has 3 rings (SSSR count). The van der Waals surface area contributed by atoms with Crippen LogP contribution in [0.25, 0.3) is 0 Å². The van der Waals surface area contributed by atoms with Crippen LogP contribution < -0.4 is 5.73 Å². The van der Waals surface area contributed by atoms with Gasteiger partial charge in [0.15, 0.2) is 0 Å². The fraction of sp³-hybridized carbons (Fsp3) is 0.765. The Kier molecular flexibility index (Phi) is 5.86. The number of piperazine rings is 1. The lowest BCUT2D eigenvalue weighted by Gasteiger charge is -2.36. The van der Waals surface area contributed by atoms with E-state index in [2.05, 4.69) is 28.6 Å². The zero-order valence-corrected chi connectivity index (χ0v) is 15.6. The fourth-order valence-corrected chi connectivity index (χ4v) is 4.43. The minimum atomic E-state index is 0.0485. The highest BCUT2D eigenvalue weighted by Gasteiger charge is 2.28. The summed E-state index contributed by atoms with van der Waals surface area (Å²) in [4.78, 5) is 23.8. The van der Waals surface area contributed by atoms with Crippen LogP contribution in [0.15, 0.2) is 5.38 Å². The number of nitrogens with zero attached hydrogens (tertiary/aromatic N) is 4. The van der Waals surface area contributed by atoms with E-state index in [0.717, 1.165) is 44.3 Å². The number of rotatable bonds is 5. The van der Waals surface area contributed by atoms with E-state index in [1.165, 1.54) is 24.2 Å². The minimum Gasteiger partial charge on any atom is -0.335 e. The van der Waals surface area contributed by atoms with Gasteiger partial charge >= 0.3 is 0 Å². The predicted molar refractivity (Wildman–Crippen MR) is 97.2 cm³/mol. The molecule has 0 aromatic carbocycles. The minimum absolute atomic E-state index is 0.0485. The maximum Gasteiger partial charge on any atom is 0.273 e. The Labute approximate surface area is 148 Å². The zero-order valence-electron chi connectivity index (χ0n) is 14.8. The third-order valence-electron chi connectivity index (χ3n) is 5.41. The number of amides is 1. The number of aromatic nitrogens is 1. The Morgan fingerprint density at radius 1 is 1.21 bits per heavy atom. The smallest absolute Gasteiger partial charge is 0.273 e. The molecule has 2 N–H and O–H groups in total. The molecule has 1 aromatic rings. The van der Waals surface area contributed by atoms with E-state index in [0.29, 0.717) is 24.3 Å². The van der Waals surface area contributed by atoms with Gasteiger partial charge in [-0.1, -0.05) is 0 Å². The predicted octanol–water partition coefficient (Wildman–Crippen LogP) is 1.23. The average molecular weight is 352 g/mol. The van der Waals surface area contributed by atoms with Crippen LogP contribution in [-0.2, 0) is 6.54 Å². The molecule has 0 bridgehead atoms. The first kappa shape index (κ1) is 17.8. The van der Waals surface area contributed by atoms with E-state index >= 15 is 0 Å². The molecule has 0 spiro atoms. The summed E-state index contributed by atoms with van der Waals surface area (Å²) in [5.74, 6) is 0.0485. The third kappa shape index (κ3) is 3.96. The normalized spacial score (nSPS) is 26.2. The van der Waals surface area contributed by atoms with E-state index in [9.17, 15) is 4.79 Å². The van der Waals surface area contributed by atoms with Crippen LogP contribution >= 0.6 is 11.3 Å². The molecular weight excluding hydrogens is 322 g/mol. The van der Waals surface area contributed by atoms with Crippen molar-refractivity contribution in [2.75, 3.05) is 39.3 Å². The highest BCUT2D eigenvalue weighted by molar-refractivity contribution is 7.09. The molecule has 134 valence electrons. The monoisotopic (exact) mass is 351 g/mol. The van der Waals surface area contributed by atoms with Gasteiger partial charge in [-0.2, -0.15) is 0 Å². The summed E-state index contributed by atoms with van der Waals surface area (Å²) in [6.07, 6.45) is 2.64. The van der Waals surface area contributed by atoms with Crippen LogP contribution in [0.3, 0.4) is 0 Å². The Morgan fingerprint density at radius 3 is 2.46 bits per heavy atom. The van der Waals surface area contributed by atoms with Crippen LogP contribution in [-0.4, -0.2) is 76.9 Å². The molecule has 0 saturated carbocycles. The molecule has 1 amide bonds. The summed E-state index contributed by atoms with van der Waals surface area (Å²) in [5.41, 5.74) is 6.13. The van der Waals surface area contributed by atoms with Crippen LogP contribution in [0.5, 0.6) is 0 Å². The second-order valence-corrected chi connectivity index (χ2v) is 7.92. The average Bonchev–Trinajstić information content (AvgIpc) is 3.20. The van der Waals surface area contributed by atoms with Gasteiger partial charge in [0.2, 0.25) is 0 Å². The van der Waals surface area contributed by atoms with Crippen molar-refractivity contribution in [2.45, 2.75) is 45.3 Å². The molecule has 2 atom stereocenters. The molecule has 1 aromatic heterocycles. The molecule has 2 aliphatic rings. The van der Waals surface area contributed by atoms with Gasteiger partial charge in [0, 0.05) is 63.3 Å². The Balaban J connectivity index is 1.44. The molecule has 24 heavy (non-hydrogen) atoms. The second-order valence-electron chi connectivity index (χ2n) is 6.98. The number of hydrogen-bond donors (Lipinski definition) is 1. The molecule has 2 fully saturated rings. The van der Waals surface area contributed by atoms with Gasteiger partial charge in [-0.05, 0) is 26.7 Å². The van der Waals surface area contributed by atoms with Gasteiger partial charge in [0.1, 0.15) is 10.7 Å². The van der Waals surface area contributed by atoms with Gasteiger partial charge in [0.25, 0.3) is 5.91 Å². The van der Waals surface area contributed by atoms with Crippen molar-refractivity contribution in [2.24, 2.45) is 5.73 Å². The van der Waals surface area contributed by atoms with Gasteiger partial charge < -0.3 is 10.6 Å². The number of likely N-dealkylation sites (tertiary alicyclic amines) is 1. The number of nitrogens with two attached hydrogens (primary N) is 1. The first-order chi connectivity index (χ1) is 11.6. The van der Waals surface area contributed by atoms with E-state index in [-0.39, 0.29) is 5.91 Å². The van der Waals surface area contributed by atoms with Gasteiger partial charge in [-0.15, -0.1) is 11.3 Å². The SMILES string of the molecule is C[C@@H]1CC[C@@H](C)N1CCN1CCN(C(=O)c2csc(CN)n2)CC1. The van der Waals surface area contributed by atoms with E-state index in [1.54, 1.807) is 0 Å². The summed E-state index contributed by atoms with van der Waals surface area (Å²) in [5, 5.41) is 2.65.